The van der Waals surface area contributed by atoms with E-state index in [0.29, 0.717) is 18.4 Å². The number of nitrogens with zero attached hydrogens (tertiary/aromatic N) is 5. The lowest BCUT2D eigenvalue weighted by molar-refractivity contribution is 0.232. The maximum Gasteiger partial charge on any atom is 0.163 e. The number of fused-ring (bicyclic) bond motifs is 2. The molecular formula is C23H28N6. The molecule has 2 aromatic heterocycles. The Bertz CT molecular complexity index is 1090. The van der Waals surface area contributed by atoms with E-state index in [2.05, 4.69) is 53.0 Å². The van der Waals surface area contributed by atoms with Crippen LogP contribution in [0.25, 0.3) is 17.1 Å². The molecule has 5 rings (SSSR count). The lowest BCUT2D eigenvalue weighted by atomic mass is 9.95. The fraction of sp³-hybridized carbons (Fsp3) is 0.435. The van der Waals surface area contributed by atoms with Crippen molar-refractivity contribution in [2.45, 2.75) is 65.1 Å². The number of nitrogen functional groups attached to an aromatic ring is 1. The number of rotatable bonds is 4. The van der Waals surface area contributed by atoms with Crippen LogP contribution in [0.15, 0.2) is 30.2 Å². The monoisotopic (exact) mass is 388 g/mol. The fourth-order valence-electron chi connectivity index (χ4n) is 4.94. The molecule has 1 aliphatic heterocycles. The highest BCUT2D eigenvalue weighted by atomic mass is 15.3. The Labute approximate surface area is 171 Å². The number of aryl methyl sites for hydroxylation is 2. The predicted octanol–water partition coefficient (Wildman–Crippen LogP) is 4.08. The zero-order valence-electron chi connectivity index (χ0n) is 17.2. The Hall–Kier alpha value is -2.89. The minimum Gasteiger partial charge on any atom is -0.383 e. The molecule has 0 amide bonds. The van der Waals surface area contributed by atoms with Crippen LogP contribution in [0.5, 0.6) is 0 Å². The Morgan fingerprint density at radius 3 is 2.79 bits per heavy atom. The molecule has 6 nitrogen and oxygen atoms in total. The summed E-state index contributed by atoms with van der Waals surface area (Å²) in [5.74, 6) is 0.518. The second-order valence-electron chi connectivity index (χ2n) is 8.26. The SMILES string of the molecule is CCc1nn(CC2=Cc3cccc(C)c3CN2C2CCCC2)c2ncnc(N)c12. The Balaban J connectivity index is 1.59. The van der Waals surface area contributed by atoms with Crippen molar-refractivity contribution in [1.29, 1.82) is 0 Å². The summed E-state index contributed by atoms with van der Waals surface area (Å²) in [7, 11) is 0. The van der Waals surface area contributed by atoms with E-state index in [9.17, 15) is 0 Å². The molecule has 3 aromatic rings. The van der Waals surface area contributed by atoms with Crippen LogP contribution in [0, 0.1) is 6.92 Å². The summed E-state index contributed by atoms with van der Waals surface area (Å²) in [4.78, 5) is 11.3. The van der Waals surface area contributed by atoms with Crippen LogP contribution in [0.1, 0.15) is 55.0 Å². The molecule has 29 heavy (non-hydrogen) atoms. The number of allylic oxidation sites excluding steroid dienone is 1. The van der Waals surface area contributed by atoms with Gasteiger partial charge in [0.15, 0.2) is 5.65 Å². The van der Waals surface area contributed by atoms with E-state index in [1.54, 1.807) is 0 Å². The largest absolute Gasteiger partial charge is 0.383 e. The van der Waals surface area contributed by atoms with Crippen molar-refractivity contribution in [3.8, 4) is 0 Å². The van der Waals surface area contributed by atoms with E-state index in [4.69, 9.17) is 10.8 Å². The van der Waals surface area contributed by atoms with Gasteiger partial charge in [0.05, 0.1) is 17.6 Å². The van der Waals surface area contributed by atoms with Gasteiger partial charge in [0.25, 0.3) is 0 Å². The van der Waals surface area contributed by atoms with Crippen molar-refractivity contribution in [3.63, 3.8) is 0 Å². The summed E-state index contributed by atoms with van der Waals surface area (Å²) in [5.41, 5.74) is 13.4. The molecule has 2 N–H and O–H groups in total. The summed E-state index contributed by atoms with van der Waals surface area (Å²) in [6.45, 7) is 6.01. The lowest BCUT2D eigenvalue weighted by Gasteiger charge is -2.37. The third-order valence-corrected chi connectivity index (χ3v) is 6.51. The van der Waals surface area contributed by atoms with E-state index in [1.165, 1.54) is 54.4 Å². The normalized spacial score (nSPS) is 17.0. The highest BCUT2D eigenvalue weighted by molar-refractivity contribution is 5.88. The van der Waals surface area contributed by atoms with Gasteiger partial charge in [0, 0.05) is 18.3 Å². The quantitative estimate of drug-likeness (QED) is 0.729. The minimum absolute atomic E-state index is 0.518. The molecule has 1 aromatic carbocycles. The Morgan fingerprint density at radius 2 is 2.00 bits per heavy atom. The van der Waals surface area contributed by atoms with E-state index < -0.39 is 0 Å². The second kappa shape index (κ2) is 7.17. The average molecular weight is 389 g/mol. The summed E-state index contributed by atoms with van der Waals surface area (Å²) in [5, 5.41) is 5.76. The number of aromatic nitrogens is 4. The van der Waals surface area contributed by atoms with Crippen molar-refractivity contribution in [2.75, 3.05) is 5.73 Å². The zero-order valence-corrected chi connectivity index (χ0v) is 17.2. The average Bonchev–Trinajstić information content (AvgIpc) is 3.37. The molecular weight excluding hydrogens is 360 g/mol. The molecule has 0 bridgehead atoms. The Kier molecular flexibility index (Phi) is 4.49. The van der Waals surface area contributed by atoms with Crippen molar-refractivity contribution < 1.29 is 0 Å². The highest BCUT2D eigenvalue weighted by Crippen LogP contribution is 2.35. The molecule has 0 radical (unpaired) electrons. The predicted molar refractivity (Wildman–Crippen MR) is 116 cm³/mol. The summed E-state index contributed by atoms with van der Waals surface area (Å²) in [6, 6.07) is 7.22. The van der Waals surface area contributed by atoms with Gasteiger partial charge in [-0.15, -0.1) is 0 Å². The third kappa shape index (κ3) is 3.07. The third-order valence-electron chi connectivity index (χ3n) is 6.51. The van der Waals surface area contributed by atoms with Crippen LogP contribution in [0.2, 0.25) is 0 Å². The van der Waals surface area contributed by atoms with Gasteiger partial charge in [-0.05, 0) is 49.0 Å². The molecule has 1 aliphatic carbocycles. The number of hydrogen-bond donors (Lipinski definition) is 1. The van der Waals surface area contributed by atoms with Crippen molar-refractivity contribution in [1.82, 2.24) is 24.6 Å². The lowest BCUT2D eigenvalue weighted by Crippen LogP contribution is -2.36. The minimum atomic E-state index is 0.518. The molecule has 0 saturated heterocycles. The molecule has 0 spiro atoms. The molecule has 1 saturated carbocycles. The van der Waals surface area contributed by atoms with E-state index in [0.717, 1.165) is 29.7 Å². The maximum atomic E-state index is 6.16. The Morgan fingerprint density at radius 1 is 1.17 bits per heavy atom. The van der Waals surface area contributed by atoms with Crippen LogP contribution in [-0.4, -0.2) is 30.7 Å². The molecule has 0 unspecified atom stereocenters. The molecule has 2 aliphatic rings. The van der Waals surface area contributed by atoms with Gasteiger partial charge in [-0.25, -0.2) is 14.6 Å². The standard InChI is InChI=1S/C23H28N6/c1-3-20-21-22(24)25-14-26-23(21)29(27-20)12-18-11-16-8-6-7-15(2)19(16)13-28(18)17-9-4-5-10-17/h6-8,11,14,17H,3-5,9-10,12-13H2,1-2H3,(H2,24,25,26). The van der Waals surface area contributed by atoms with Gasteiger partial charge < -0.3 is 10.6 Å². The first-order valence-corrected chi connectivity index (χ1v) is 10.7. The van der Waals surface area contributed by atoms with Gasteiger partial charge in [-0.1, -0.05) is 38.0 Å². The van der Waals surface area contributed by atoms with E-state index in [-0.39, 0.29) is 0 Å². The van der Waals surface area contributed by atoms with Crippen LogP contribution in [0.3, 0.4) is 0 Å². The van der Waals surface area contributed by atoms with Crippen LogP contribution in [0.4, 0.5) is 5.82 Å². The van der Waals surface area contributed by atoms with Crippen LogP contribution >= 0.6 is 0 Å². The molecule has 150 valence electrons. The first-order chi connectivity index (χ1) is 14.2. The van der Waals surface area contributed by atoms with E-state index in [1.807, 2.05) is 4.68 Å². The molecule has 0 atom stereocenters. The fourth-order valence-corrected chi connectivity index (χ4v) is 4.94. The number of anilines is 1. The zero-order chi connectivity index (χ0) is 20.0. The second-order valence-corrected chi connectivity index (χ2v) is 8.26. The molecule has 6 heteroatoms. The first kappa shape index (κ1) is 18.2. The highest BCUT2D eigenvalue weighted by Gasteiger charge is 2.29. The number of hydrogen-bond acceptors (Lipinski definition) is 5. The summed E-state index contributed by atoms with van der Waals surface area (Å²) < 4.78 is 2.01. The van der Waals surface area contributed by atoms with Gasteiger partial charge >= 0.3 is 0 Å². The molecule has 3 heterocycles. The number of nitrogens with two attached hydrogens (primary N) is 1. The van der Waals surface area contributed by atoms with Crippen LogP contribution in [-0.2, 0) is 19.5 Å². The van der Waals surface area contributed by atoms with Crippen LogP contribution < -0.4 is 5.73 Å². The maximum absolute atomic E-state index is 6.16. The van der Waals surface area contributed by atoms with Gasteiger partial charge in [-0.2, -0.15) is 5.10 Å². The summed E-state index contributed by atoms with van der Waals surface area (Å²) in [6.07, 6.45) is 9.90. The first-order valence-electron chi connectivity index (χ1n) is 10.7. The van der Waals surface area contributed by atoms with Gasteiger partial charge in [0.2, 0.25) is 0 Å². The van der Waals surface area contributed by atoms with Crippen molar-refractivity contribution >= 4 is 22.9 Å². The number of benzene rings is 1. The summed E-state index contributed by atoms with van der Waals surface area (Å²) >= 11 is 0. The van der Waals surface area contributed by atoms with Gasteiger partial charge in [-0.3, -0.25) is 0 Å². The van der Waals surface area contributed by atoms with Gasteiger partial charge in [0.1, 0.15) is 12.1 Å². The van der Waals surface area contributed by atoms with Crippen molar-refractivity contribution in [2.24, 2.45) is 0 Å². The van der Waals surface area contributed by atoms with Crippen molar-refractivity contribution in [3.05, 3.63) is 52.6 Å². The smallest absolute Gasteiger partial charge is 0.163 e. The topological polar surface area (TPSA) is 72.9 Å². The van der Waals surface area contributed by atoms with E-state index >= 15 is 0 Å². The molecule has 1 fully saturated rings.